The van der Waals surface area contributed by atoms with Crippen LogP contribution < -0.4 is 0 Å². The molecule has 1 aromatic rings. The molecule has 1 heterocycles. The number of halogens is 3. The predicted octanol–water partition coefficient (Wildman–Crippen LogP) is 1.53. The van der Waals surface area contributed by atoms with E-state index in [9.17, 15) is 28.2 Å². The number of nitrogens with zero attached hydrogens (tertiary/aromatic N) is 1. The van der Waals surface area contributed by atoms with Gasteiger partial charge in [-0.25, -0.2) is 0 Å². The van der Waals surface area contributed by atoms with Crippen molar-refractivity contribution in [2.24, 2.45) is 0 Å². The molecule has 1 aromatic carbocycles. The van der Waals surface area contributed by atoms with Crippen LogP contribution in [-0.4, -0.2) is 45.9 Å². The number of β-amino-alcohol motifs (C(OH)–C–C–N with tert-alkyl or cyclic N) is 1. The van der Waals surface area contributed by atoms with Crippen molar-refractivity contribution in [1.29, 1.82) is 0 Å². The van der Waals surface area contributed by atoms with Gasteiger partial charge in [-0.3, -0.25) is 4.79 Å². The number of alkyl halides is 3. The maximum atomic E-state index is 12.6. The summed E-state index contributed by atoms with van der Waals surface area (Å²) in [6, 6.07) is 5.60. The second-order valence-corrected chi connectivity index (χ2v) is 4.52. The Hall–Kier alpha value is -1.76. The van der Waals surface area contributed by atoms with Gasteiger partial charge in [0, 0.05) is 13.0 Å². The standard InChI is InChI=1S/C12H12F3NO3/c13-12(14,15)11(19)5-6-16(7-11)10(18)8-3-1-2-4-9(8)17/h1-4,17,19H,5-7H2/t11-/m1/s1. The van der Waals surface area contributed by atoms with E-state index < -0.39 is 30.7 Å². The first-order valence-corrected chi connectivity index (χ1v) is 5.61. The second-order valence-electron chi connectivity index (χ2n) is 4.52. The maximum absolute atomic E-state index is 12.6. The molecule has 1 amide bonds. The van der Waals surface area contributed by atoms with E-state index in [0.717, 1.165) is 4.90 Å². The lowest BCUT2D eigenvalue weighted by Gasteiger charge is -2.26. The number of rotatable bonds is 1. The number of hydrogen-bond donors (Lipinski definition) is 2. The molecule has 1 atom stereocenters. The van der Waals surface area contributed by atoms with E-state index in [0.29, 0.717) is 0 Å². The quantitative estimate of drug-likeness (QED) is 0.817. The van der Waals surface area contributed by atoms with Gasteiger partial charge in [-0.2, -0.15) is 13.2 Å². The zero-order chi connectivity index (χ0) is 14.3. The van der Waals surface area contributed by atoms with Crippen LogP contribution in [0.3, 0.4) is 0 Å². The predicted molar refractivity (Wildman–Crippen MR) is 59.6 cm³/mol. The molecule has 0 unspecified atom stereocenters. The SMILES string of the molecule is O=C(c1ccccc1O)N1CC[C@](O)(C(F)(F)F)C1. The van der Waals surface area contributed by atoms with Crippen molar-refractivity contribution in [3.8, 4) is 5.75 Å². The van der Waals surface area contributed by atoms with Crippen LogP contribution in [-0.2, 0) is 0 Å². The van der Waals surface area contributed by atoms with Crippen molar-refractivity contribution in [3.05, 3.63) is 29.8 Å². The normalized spacial score (nSPS) is 23.7. The van der Waals surface area contributed by atoms with Crippen molar-refractivity contribution in [2.45, 2.75) is 18.2 Å². The first kappa shape index (κ1) is 13.7. The van der Waals surface area contributed by atoms with Crippen LogP contribution in [0.2, 0.25) is 0 Å². The summed E-state index contributed by atoms with van der Waals surface area (Å²) < 4.78 is 37.9. The Morgan fingerprint density at radius 2 is 1.95 bits per heavy atom. The highest BCUT2D eigenvalue weighted by atomic mass is 19.4. The lowest BCUT2D eigenvalue weighted by atomic mass is 10.0. The molecule has 0 aliphatic carbocycles. The number of benzene rings is 1. The van der Waals surface area contributed by atoms with E-state index in [1.54, 1.807) is 0 Å². The second kappa shape index (κ2) is 4.41. The van der Waals surface area contributed by atoms with Crippen LogP contribution in [0.25, 0.3) is 0 Å². The van der Waals surface area contributed by atoms with Gasteiger partial charge in [0.25, 0.3) is 5.91 Å². The molecule has 104 valence electrons. The average Bonchev–Trinajstić information content (AvgIpc) is 2.72. The molecule has 2 N–H and O–H groups in total. The van der Waals surface area contributed by atoms with Crippen LogP contribution in [0.4, 0.5) is 13.2 Å². The van der Waals surface area contributed by atoms with E-state index in [1.165, 1.54) is 24.3 Å². The van der Waals surface area contributed by atoms with Gasteiger partial charge in [-0.15, -0.1) is 0 Å². The topological polar surface area (TPSA) is 60.8 Å². The number of phenolic OH excluding ortho intramolecular Hbond substituents is 1. The third kappa shape index (κ3) is 2.37. The number of aliphatic hydroxyl groups is 1. The molecule has 1 fully saturated rings. The molecule has 0 radical (unpaired) electrons. The van der Waals surface area contributed by atoms with E-state index in [-0.39, 0.29) is 17.9 Å². The number of phenols is 1. The summed E-state index contributed by atoms with van der Waals surface area (Å²) in [6.45, 7) is -1.02. The lowest BCUT2D eigenvalue weighted by Crippen LogP contribution is -2.48. The Morgan fingerprint density at radius 1 is 1.32 bits per heavy atom. The molecular formula is C12H12F3NO3. The summed E-state index contributed by atoms with van der Waals surface area (Å²) in [4.78, 5) is 12.9. The highest BCUT2D eigenvalue weighted by Gasteiger charge is 2.57. The van der Waals surface area contributed by atoms with Gasteiger partial charge in [0.2, 0.25) is 0 Å². The van der Waals surface area contributed by atoms with Gasteiger partial charge in [0.15, 0.2) is 5.60 Å². The molecule has 0 aromatic heterocycles. The molecule has 0 spiro atoms. The lowest BCUT2D eigenvalue weighted by molar-refractivity contribution is -0.253. The number of likely N-dealkylation sites (tertiary alicyclic amines) is 1. The number of carbonyl (C=O) groups excluding carboxylic acids is 1. The van der Waals surface area contributed by atoms with Gasteiger partial charge in [-0.1, -0.05) is 12.1 Å². The molecule has 2 rings (SSSR count). The number of carbonyl (C=O) groups is 1. The van der Waals surface area contributed by atoms with Crippen molar-refractivity contribution >= 4 is 5.91 Å². The van der Waals surface area contributed by atoms with Crippen LogP contribution >= 0.6 is 0 Å². The summed E-state index contributed by atoms with van der Waals surface area (Å²) in [5, 5.41) is 19.0. The molecule has 1 aliphatic rings. The maximum Gasteiger partial charge on any atom is 0.419 e. The van der Waals surface area contributed by atoms with Crippen LogP contribution in [0.15, 0.2) is 24.3 Å². The van der Waals surface area contributed by atoms with E-state index in [2.05, 4.69) is 0 Å². The Bertz CT molecular complexity index is 503. The van der Waals surface area contributed by atoms with Crippen molar-refractivity contribution in [2.75, 3.05) is 13.1 Å². The van der Waals surface area contributed by atoms with Crippen molar-refractivity contribution in [3.63, 3.8) is 0 Å². The van der Waals surface area contributed by atoms with Crippen LogP contribution in [0, 0.1) is 0 Å². The number of amides is 1. The van der Waals surface area contributed by atoms with Crippen molar-refractivity contribution < 1.29 is 28.2 Å². The van der Waals surface area contributed by atoms with Crippen LogP contribution in [0.1, 0.15) is 16.8 Å². The molecule has 0 saturated carbocycles. The summed E-state index contributed by atoms with van der Waals surface area (Å²) in [5.41, 5.74) is -2.94. The average molecular weight is 275 g/mol. The van der Waals surface area contributed by atoms with E-state index >= 15 is 0 Å². The molecule has 1 aliphatic heterocycles. The summed E-state index contributed by atoms with van der Waals surface area (Å²) in [5.74, 6) is -1.02. The summed E-state index contributed by atoms with van der Waals surface area (Å²) in [6.07, 6.45) is -5.34. The fourth-order valence-corrected chi connectivity index (χ4v) is 2.02. The van der Waals surface area contributed by atoms with E-state index in [4.69, 9.17) is 0 Å². The van der Waals surface area contributed by atoms with E-state index in [1.807, 2.05) is 0 Å². The summed E-state index contributed by atoms with van der Waals surface area (Å²) >= 11 is 0. The Morgan fingerprint density at radius 3 is 2.47 bits per heavy atom. The summed E-state index contributed by atoms with van der Waals surface area (Å²) in [7, 11) is 0. The minimum atomic E-state index is -4.78. The minimum Gasteiger partial charge on any atom is -0.507 e. The van der Waals surface area contributed by atoms with Gasteiger partial charge in [0.1, 0.15) is 5.75 Å². The van der Waals surface area contributed by atoms with Gasteiger partial charge < -0.3 is 15.1 Å². The first-order valence-electron chi connectivity index (χ1n) is 5.61. The minimum absolute atomic E-state index is 0.0751. The third-order valence-corrected chi connectivity index (χ3v) is 3.20. The fourth-order valence-electron chi connectivity index (χ4n) is 2.02. The smallest absolute Gasteiger partial charge is 0.419 e. The fraction of sp³-hybridized carbons (Fsp3) is 0.417. The zero-order valence-electron chi connectivity index (χ0n) is 9.81. The molecular weight excluding hydrogens is 263 g/mol. The molecule has 1 saturated heterocycles. The molecule has 7 heteroatoms. The number of para-hydroxylation sites is 1. The van der Waals surface area contributed by atoms with Gasteiger partial charge in [-0.05, 0) is 12.1 Å². The first-order chi connectivity index (χ1) is 8.74. The largest absolute Gasteiger partial charge is 0.507 e. The zero-order valence-corrected chi connectivity index (χ0v) is 9.81. The number of hydrogen-bond acceptors (Lipinski definition) is 3. The molecule has 4 nitrogen and oxygen atoms in total. The Kier molecular flexibility index (Phi) is 3.17. The van der Waals surface area contributed by atoms with Crippen LogP contribution in [0.5, 0.6) is 5.75 Å². The Labute approximate surface area is 107 Å². The number of aromatic hydroxyl groups is 1. The highest BCUT2D eigenvalue weighted by molar-refractivity contribution is 5.97. The highest BCUT2D eigenvalue weighted by Crippen LogP contribution is 2.38. The van der Waals surface area contributed by atoms with Gasteiger partial charge >= 0.3 is 6.18 Å². The monoisotopic (exact) mass is 275 g/mol. The van der Waals surface area contributed by atoms with Gasteiger partial charge in [0.05, 0.1) is 12.1 Å². The Balaban J connectivity index is 2.18. The molecule has 0 bridgehead atoms. The van der Waals surface area contributed by atoms with Crippen molar-refractivity contribution in [1.82, 2.24) is 4.90 Å². The molecule has 19 heavy (non-hydrogen) atoms. The third-order valence-electron chi connectivity index (χ3n) is 3.20.